The molecule has 1 amide bonds. The van der Waals surface area contributed by atoms with E-state index in [1.807, 2.05) is 18.2 Å². The van der Waals surface area contributed by atoms with Crippen molar-refractivity contribution in [2.75, 3.05) is 13.7 Å². The first kappa shape index (κ1) is 13.5. The highest BCUT2D eigenvalue weighted by atomic mass is 16.5. The van der Waals surface area contributed by atoms with Crippen LogP contribution in [0.1, 0.15) is 24.5 Å². The minimum atomic E-state index is -0.997. The van der Waals surface area contributed by atoms with E-state index in [1.165, 1.54) is 12.0 Å². The van der Waals surface area contributed by atoms with Crippen LogP contribution in [0.15, 0.2) is 30.3 Å². The van der Waals surface area contributed by atoms with Gasteiger partial charge in [-0.25, -0.2) is 0 Å². The van der Waals surface area contributed by atoms with Crippen LogP contribution in [0.3, 0.4) is 0 Å². The molecule has 0 aromatic heterocycles. The number of ether oxygens (including phenoxy) is 1. The van der Waals surface area contributed by atoms with Gasteiger partial charge in [-0.15, -0.1) is 0 Å². The fraction of sp³-hybridized carbons (Fsp3) is 0.429. The summed E-state index contributed by atoms with van der Waals surface area (Å²) in [4.78, 5) is 24.7. The van der Waals surface area contributed by atoms with Crippen LogP contribution in [-0.2, 0) is 14.3 Å². The quantitative estimate of drug-likeness (QED) is 0.843. The predicted molar refractivity (Wildman–Crippen MR) is 68.6 cm³/mol. The summed E-state index contributed by atoms with van der Waals surface area (Å²) >= 11 is 0. The summed E-state index contributed by atoms with van der Waals surface area (Å²) < 4.78 is 5.25. The highest BCUT2D eigenvalue weighted by molar-refractivity contribution is 5.86. The fourth-order valence-corrected chi connectivity index (χ4v) is 2.08. The molecule has 5 nitrogen and oxygen atoms in total. The van der Waals surface area contributed by atoms with Crippen molar-refractivity contribution in [1.29, 1.82) is 0 Å². The zero-order valence-corrected chi connectivity index (χ0v) is 10.8. The number of carboxylic acids is 1. The Morgan fingerprint density at radius 2 is 2.00 bits per heavy atom. The summed E-state index contributed by atoms with van der Waals surface area (Å²) in [5, 5.41) is 8.90. The number of carbonyl (C=O) groups excluding carboxylic acids is 1. The smallest absolute Gasteiger partial charge is 0.323 e. The first-order valence-corrected chi connectivity index (χ1v) is 6.23. The standard InChI is InChI=1S/C14H17NO4/c1-19-13(10-5-3-2-4-6-10)14(18)15(9-12(16)17)11-7-8-11/h2-6,11,13H,7-9H2,1H3,(H,16,17). The lowest BCUT2D eigenvalue weighted by Crippen LogP contribution is -2.40. The van der Waals surface area contributed by atoms with E-state index in [0.717, 1.165) is 18.4 Å². The number of methoxy groups -OCH3 is 1. The summed E-state index contributed by atoms with van der Waals surface area (Å²) in [6.07, 6.45) is 0.996. The maximum absolute atomic E-state index is 12.4. The number of aliphatic carboxylic acids is 1. The monoisotopic (exact) mass is 263 g/mol. The van der Waals surface area contributed by atoms with E-state index < -0.39 is 12.1 Å². The van der Waals surface area contributed by atoms with Gasteiger partial charge in [0.1, 0.15) is 6.54 Å². The summed E-state index contributed by atoms with van der Waals surface area (Å²) in [7, 11) is 1.46. The Balaban J connectivity index is 2.16. The number of amides is 1. The number of rotatable bonds is 6. The van der Waals surface area contributed by atoms with Crippen LogP contribution in [0.5, 0.6) is 0 Å². The molecule has 1 aliphatic carbocycles. The summed E-state index contributed by atoms with van der Waals surface area (Å²) in [5.74, 6) is -1.28. The molecule has 0 radical (unpaired) electrons. The molecule has 1 unspecified atom stereocenters. The molecule has 1 N–H and O–H groups in total. The average Bonchev–Trinajstić information content (AvgIpc) is 3.22. The Morgan fingerprint density at radius 3 is 2.47 bits per heavy atom. The van der Waals surface area contributed by atoms with Crippen molar-refractivity contribution >= 4 is 11.9 Å². The number of carboxylic acid groups (broad SMARTS) is 1. The second kappa shape index (κ2) is 5.84. The maximum atomic E-state index is 12.4. The number of hydrogen-bond donors (Lipinski definition) is 1. The molecule has 1 aromatic carbocycles. The van der Waals surface area contributed by atoms with E-state index in [2.05, 4.69) is 0 Å². The second-order valence-electron chi connectivity index (χ2n) is 4.62. The van der Waals surface area contributed by atoms with Gasteiger partial charge in [0, 0.05) is 13.2 Å². The van der Waals surface area contributed by atoms with Gasteiger partial charge in [0.25, 0.3) is 5.91 Å². The van der Waals surface area contributed by atoms with Gasteiger partial charge in [0.2, 0.25) is 0 Å². The van der Waals surface area contributed by atoms with Gasteiger partial charge in [0.15, 0.2) is 6.10 Å². The number of nitrogens with zero attached hydrogens (tertiary/aromatic N) is 1. The van der Waals surface area contributed by atoms with Crippen LogP contribution in [0.4, 0.5) is 0 Å². The van der Waals surface area contributed by atoms with E-state index in [9.17, 15) is 9.59 Å². The fourth-order valence-electron chi connectivity index (χ4n) is 2.08. The van der Waals surface area contributed by atoms with E-state index in [1.54, 1.807) is 12.1 Å². The molecule has 102 valence electrons. The first-order chi connectivity index (χ1) is 9.13. The normalized spacial score (nSPS) is 15.8. The Bertz CT molecular complexity index is 456. The van der Waals surface area contributed by atoms with Crippen LogP contribution >= 0.6 is 0 Å². The molecule has 1 aliphatic rings. The molecule has 5 heteroatoms. The van der Waals surface area contributed by atoms with Gasteiger partial charge in [-0.3, -0.25) is 9.59 Å². The molecule has 1 fully saturated rings. The van der Waals surface area contributed by atoms with Crippen molar-refractivity contribution in [3.8, 4) is 0 Å². The van der Waals surface area contributed by atoms with Crippen LogP contribution in [-0.4, -0.2) is 41.6 Å². The van der Waals surface area contributed by atoms with E-state index in [4.69, 9.17) is 9.84 Å². The third-order valence-corrected chi connectivity index (χ3v) is 3.14. The van der Waals surface area contributed by atoms with Gasteiger partial charge >= 0.3 is 5.97 Å². The maximum Gasteiger partial charge on any atom is 0.323 e. The van der Waals surface area contributed by atoms with Gasteiger partial charge in [-0.2, -0.15) is 0 Å². The Hall–Kier alpha value is -1.88. The van der Waals surface area contributed by atoms with Gasteiger partial charge in [-0.05, 0) is 18.4 Å². The molecule has 0 heterocycles. The van der Waals surface area contributed by atoms with Gasteiger partial charge < -0.3 is 14.7 Å². The molecule has 0 saturated heterocycles. The lowest BCUT2D eigenvalue weighted by Gasteiger charge is -2.25. The summed E-state index contributed by atoms with van der Waals surface area (Å²) in [6, 6.07) is 9.16. The minimum Gasteiger partial charge on any atom is -0.480 e. The molecule has 1 atom stereocenters. The van der Waals surface area contributed by atoms with Crippen molar-refractivity contribution in [2.24, 2.45) is 0 Å². The zero-order valence-electron chi connectivity index (χ0n) is 10.8. The largest absolute Gasteiger partial charge is 0.480 e. The molecule has 19 heavy (non-hydrogen) atoms. The molecule has 0 bridgehead atoms. The van der Waals surface area contributed by atoms with Crippen molar-refractivity contribution in [3.63, 3.8) is 0 Å². The highest BCUT2D eigenvalue weighted by Gasteiger charge is 2.37. The molecular formula is C14H17NO4. The Morgan fingerprint density at radius 1 is 1.37 bits per heavy atom. The average molecular weight is 263 g/mol. The van der Waals surface area contributed by atoms with E-state index >= 15 is 0 Å². The number of hydrogen-bond acceptors (Lipinski definition) is 3. The lowest BCUT2D eigenvalue weighted by molar-refractivity contribution is -0.150. The van der Waals surface area contributed by atoms with Crippen LogP contribution in [0, 0.1) is 0 Å². The van der Waals surface area contributed by atoms with Crippen molar-refractivity contribution in [3.05, 3.63) is 35.9 Å². The number of benzene rings is 1. The molecular weight excluding hydrogens is 246 g/mol. The topological polar surface area (TPSA) is 66.8 Å². The van der Waals surface area contributed by atoms with E-state index in [0.29, 0.717) is 0 Å². The summed E-state index contributed by atoms with van der Waals surface area (Å²) in [5.41, 5.74) is 0.742. The highest BCUT2D eigenvalue weighted by Crippen LogP contribution is 2.30. The van der Waals surface area contributed by atoms with Crippen LogP contribution in [0.25, 0.3) is 0 Å². The van der Waals surface area contributed by atoms with Crippen LogP contribution in [0.2, 0.25) is 0 Å². The van der Waals surface area contributed by atoms with Crippen molar-refractivity contribution in [2.45, 2.75) is 25.0 Å². The minimum absolute atomic E-state index is 0.0463. The number of carbonyl (C=O) groups is 2. The third-order valence-electron chi connectivity index (χ3n) is 3.14. The second-order valence-corrected chi connectivity index (χ2v) is 4.62. The SMILES string of the molecule is COC(C(=O)N(CC(=O)O)C1CC1)c1ccccc1. The molecule has 0 spiro atoms. The Kier molecular flexibility index (Phi) is 4.16. The molecule has 1 saturated carbocycles. The molecule has 1 aromatic rings. The Labute approximate surface area is 111 Å². The van der Waals surface area contributed by atoms with E-state index in [-0.39, 0.29) is 18.5 Å². The molecule has 0 aliphatic heterocycles. The van der Waals surface area contributed by atoms with Gasteiger partial charge in [-0.1, -0.05) is 30.3 Å². The van der Waals surface area contributed by atoms with Gasteiger partial charge in [0.05, 0.1) is 0 Å². The lowest BCUT2D eigenvalue weighted by atomic mass is 10.1. The third kappa shape index (κ3) is 3.32. The molecule has 2 rings (SSSR count). The van der Waals surface area contributed by atoms with Crippen molar-refractivity contribution < 1.29 is 19.4 Å². The first-order valence-electron chi connectivity index (χ1n) is 6.23. The predicted octanol–water partition coefficient (Wildman–Crippen LogP) is 1.45. The van der Waals surface area contributed by atoms with Crippen molar-refractivity contribution in [1.82, 2.24) is 4.90 Å². The zero-order chi connectivity index (χ0) is 13.8. The summed E-state index contributed by atoms with van der Waals surface area (Å²) in [6.45, 7) is -0.268. The van der Waals surface area contributed by atoms with Crippen LogP contribution < -0.4 is 0 Å².